The molecule has 13 rings (SSSR count). The summed E-state index contributed by atoms with van der Waals surface area (Å²) >= 11 is 0. The van der Waals surface area contributed by atoms with Crippen LogP contribution in [0.5, 0.6) is 0 Å². The maximum Gasteiger partial charge on any atom is 0.138 e. The van der Waals surface area contributed by atoms with Crippen LogP contribution >= 0.6 is 0 Å². The average molecular weight is 871 g/mol. The van der Waals surface area contributed by atoms with E-state index in [0.29, 0.717) is 0 Å². The molecule has 5 aromatic heterocycles. The van der Waals surface area contributed by atoms with Crippen molar-refractivity contribution < 1.29 is 0 Å². The van der Waals surface area contributed by atoms with Crippen molar-refractivity contribution in [2.75, 3.05) is 4.90 Å². The van der Waals surface area contributed by atoms with Crippen molar-refractivity contribution >= 4 is 33.3 Å². The molecular weight excluding hydrogens is 829 g/mol. The molecule has 6 nitrogen and oxygen atoms in total. The van der Waals surface area contributed by atoms with Crippen LogP contribution in [0.4, 0.5) is 11.5 Å². The summed E-state index contributed by atoms with van der Waals surface area (Å²) in [5, 5.41) is 2.40. The largest absolute Gasteiger partial charge is 0.318 e. The van der Waals surface area contributed by atoms with Crippen molar-refractivity contribution in [3.63, 3.8) is 0 Å². The molecule has 320 valence electrons. The molecule has 0 amide bonds. The second-order valence-corrected chi connectivity index (χ2v) is 17.4. The van der Waals surface area contributed by atoms with Crippen LogP contribution in [0.3, 0.4) is 0 Å². The van der Waals surface area contributed by atoms with Crippen molar-refractivity contribution in [1.29, 1.82) is 0 Å². The standard InChI is InChI=1S/C62H42N6/c1-5-19-41(20-6-1)45-37-51(43-23-9-3-10-24-43)63-53(39-45)49-29-17-33-59(65-49)67-55-31-15-13-27-47(55)61-57(67)35-36-58-62(61)48-28-14-16-32-56(48)68(58)60-34-18-30-50(66-60)54-40-46(42-21-7-2-8-22-42)38-52(64-54)44-25-11-4-12-26-44/h1-40,47,55H. The lowest BCUT2D eigenvalue weighted by molar-refractivity contribution is 0.741. The summed E-state index contributed by atoms with van der Waals surface area (Å²) in [4.78, 5) is 23.8. The highest BCUT2D eigenvalue weighted by Crippen LogP contribution is 2.52. The number of rotatable bonds is 8. The van der Waals surface area contributed by atoms with E-state index in [1.165, 1.54) is 16.3 Å². The summed E-state index contributed by atoms with van der Waals surface area (Å²) in [6.45, 7) is 0. The number of nitrogens with zero attached hydrogens (tertiary/aromatic N) is 6. The van der Waals surface area contributed by atoms with Gasteiger partial charge in [-0.3, -0.25) is 4.57 Å². The number of para-hydroxylation sites is 1. The van der Waals surface area contributed by atoms with Gasteiger partial charge in [-0.1, -0.05) is 176 Å². The molecule has 68 heavy (non-hydrogen) atoms. The predicted molar refractivity (Wildman–Crippen MR) is 278 cm³/mol. The molecule has 0 saturated carbocycles. The number of hydrogen-bond donors (Lipinski definition) is 0. The second-order valence-electron chi connectivity index (χ2n) is 17.4. The molecule has 0 fully saturated rings. The van der Waals surface area contributed by atoms with E-state index in [9.17, 15) is 0 Å². The monoisotopic (exact) mass is 870 g/mol. The van der Waals surface area contributed by atoms with E-state index >= 15 is 0 Å². The third-order valence-electron chi connectivity index (χ3n) is 13.3. The summed E-state index contributed by atoms with van der Waals surface area (Å²) in [7, 11) is 0. The zero-order chi connectivity index (χ0) is 45.0. The van der Waals surface area contributed by atoms with Crippen molar-refractivity contribution in [1.82, 2.24) is 24.5 Å². The van der Waals surface area contributed by atoms with Gasteiger partial charge in [0.05, 0.1) is 51.2 Å². The fraction of sp³-hybridized carbons (Fsp3) is 0.0323. The Bertz CT molecular complexity index is 3630. The summed E-state index contributed by atoms with van der Waals surface area (Å²) in [6, 6.07) is 76.4. The Morgan fingerprint density at radius 2 is 0.838 bits per heavy atom. The zero-order valence-corrected chi connectivity index (χ0v) is 36.9. The Labute approximate surface area is 394 Å². The number of anilines is 2. The Morgan fingerprint density at radius 1 is 0.338 bits per heavy atom. The molecule has 0 saturated heterocycles. The van der Waals surface area contributed by atoms with Crippen LogP contribution < -0.4 is 4.90 Å². The van der Waals surface area contributed by atoms with Gasteiger partial charge >= 0.3 is 0 Å². The minimum atomic E-state index is 0.0252. The van der Waals surface area contributed by atoms with E-state index in [-0.39, 0.29) is 12.0 Å². The van der Waals surface area contributed by atoms with Gasteiger partial charge in [-0.15, -0.1) is 0 Å². The first-order chi connectivity index (χ1) is 33.7. The van der Waals surface area contributed by atoms with Crippen molar-refractivity contribution in [2.24, 2.45) is 0 Å². The van der Waals surface area contributed by atoms with Crippen molar-refractivity contribution in [3.05, 3.63) is 248 Å². The van der Waals surface area contributed by atoms with Gasteiger partial charge in [0, 0.05) is 33.5 Å². The summed E-state index contributed by atoms with van der Waals surface area (Å²) in [5.74, 6) is 1.80. The minimum absolute atomic E-state index is 0.0252. The van der Waals surface area contributed by atoms with Gasteiger partial charge in [0.25, 0.3) is 0 Å². The van der Waals surface area contributed by atoms with Gasteiger partial charge in [0.15, 0.2) is 0 Å². The van der Waals surface area contributed by atoms with Crippen LogP contribution in [0.1, 0.15) is 11.5 Å². The lowest BCUT2D eigenvalue weighted by atomic mass is 9.89. The first-order valence-electron chi connectivity index (χ1n) is 23.1. The van der Waals surface area contributed by atoms with Crippen molar-refractivity contribution in [2.45, 2.75) is 12.0 Å². The van der Waals surface area contributed by atoms with Crippen LogP contribution in [-0.2, 0) is 0 Å². The molecule has 6 aromatic carbocycles. The van der Waals surface area contributed by atoms with Crippen LogP contribution in [0.25, 0.3) is 95.2 Å². The number of aromatic nitrogens is 5. The molecule has 2 atom stereocenters. The molecular formula is C62H42N6. The van der Waals surface area contributed by atoms with E-state index < -0.39 is 0 Å². The Morgan fingerprint density at radius 3 is 1.44 bits per heavy atom. The molecule has 0 N–H and O–H groups in total. The van der Waals surface area contributed by atoms with E-state index in [0.717, 1.165) is 95.9 Å². The number of pyridine rings is 4. The van der Waals surface area contributed by atoms with Crippen molar-refractivity contribution in [3.8, 4) is 73.4 Å². The molecule has 2 unspecified atom stereocenters. The van der Waals surface area contributed by atoms with Gasteiger partial charge in [-0.2, -0.15) is 0 Å². The summed E-state index contributed by atoms with van der Waals surface area (Å²) in [5.41, 5.74) is 16.3. The third-order valence-corrected chi connectivity index (χ3v) is 13.3. The topological polar surface area (TPSA) is 59.7 Å². The Balaban J connectivity index is 0.946. The normalized spacial score (nSPS) is 14.9. The fourth-order valence-corrected chi connectivity index (χ4v) is 10.2. The third kappa shape index (κ3) is 6.81. The minimum Gasteiger partial charge on any atom is -0.318 e. The first-order valence-corrected chi connectivity index (χ1v) is 23.1. The smallest absolute Gasteiger partial charge is 0.138 e. The van der Waals surface area contributed by atoms with Gasteiger partial charge in [-0.25, -0.2) is 19.9 Å². The average Bonchev–Trinajstić information content (AvgIpc) is 3.95. The molecule has 0 radical (unpaired) electrons. The predicted octanol–water partition coefficient (Wildman–Crippen LogP) is 15.1. The van der Waals surface area contributed by atoms with E-state index in [1.54, 1.807) is 0 Å². The van der Waals surface area contributed by atoms with E-state index in [1.807, 2.05) is 12.1 Å². The molecule has 6 heterocycles. The Kier molecular flexibility index (Phi) is 9.53. The van der Waals surface area contributed by atoms with Gasteiger partial charge < -0.3 is 4.90 Å². The van der Waals surface area contributed by atoms with Gasteiger partial charge in [0.2, 0.25) is 0 Å². The zero-order valence-electron chi connectivity index (χ0n) is 36.9. The second kappa shape index (κ2) is 16.5. The van der Waals surface area contributed by atoms with Crippen LogP contribution in [0.2, 0.25) is 0 Å². The lowest BCUT2D eigenvalue weighted by Crippen LogP contribution is -2.29. The molecule has 0 spiro atoms. The summed E-state index contributed by atoms with van der Waals surface area (Å²) < 4.78 is 2.32. The number of allylic oxidation sites excluding steroid dienone is 2. The molecule has 0 bridgehead atoms. The van der Waals surface area contributed by atoms with Crippen LogP contribution in [0.15, 0.2) is 243 Å². The highest BCUT2D eigenvalue weighted by Gasteiger charge is 2.40. The maximum absolute atomic E-state index is 5.45. The van der Waals surface area contributed by atoms with E-state index in [4.69, 9.17) is 19.9 Å². The molecule has 11 aromatic rings. The SMILES string of the molecule is C1=CC2c3c(ccc4c3c3ccccc3n4-c3cccc(-c4cc(-c5ccccc5)cc(-c5ccccc5)n4)n3)N(c3cccc(-c4cc(-c5ccccc5)cc(-c5ccccc5)n4)n3)C2C=C1. The number of fused-ring (bicyclic) bond motifs is 7. The van der Waals surface area contributed by atoms with E-state index in [2.05, 4.69) is 240 Å². The Hall–Kier alpha value is -9.00. The first kappa shape index (κ1) is 39.4. The molecule has 1 aliphatic carbocycles. The number of benzene rings is 6. The van der Waals surface area contributed by atoms with Crippen LogP contribution in [0, 0.1) is 0 Å². The molecule has 6 heteroatoms. The van der Waals surface area contributed by atoms with Gasteiger partial charge in [-0.05, 0) is 94.5 Å². The van der Waals surface area contributed by atoms with Crippen LogP contribution in [-0.4, -0.2) is 30.5 Å². The number of hydrogen-bond acceptors (Lipinski definition) is 5. The maximum atomic E-state index is 5.45. The summed E-state index contributed by atoms with van der Waals surface area (Å²) in [6.07, 6.45) is 9.02. The highest BCUT2D eigenvalue weighted by atomic mass is 15.2. The quantitative estimate of drug-likeness (QED) is 0.152. The lowest BCUT2D eigenvalue weighted by Gasteiger charge is -2.28. The highest BCUT2D eigenvalue weighted by molar-refractivity contribution is 6.13. The fourth-order valence-electron chi connectivity index (χ4n) is 10.2. The molecule has 2 aliphatic rings. The molecule has 1 aliphatic heterocycles. The van der Waals surface area contributed by atoms with Gasteiger partial charge in [0.1, 0.15) is 11.6 Å².